The van der Waals surface area contributed by atoms with E-state index in [1.807, 2.05) is 62.4 Å². The molecule has 0 fully saturated rings. The van der Waals surface area contributed by atoms with Gasteiger partial charge in [-0.05, 0) is 44.5 Å². The third-order valence-corrected chi connectivity index (χ3v) is 3.84. The van der Waals surface area contributed by atoms with Crippen LogP contribution in [0.2, 0.25) is 0 Å². The second-order valence-corrected chi connectivity index (χ2v) is 6.35. The highest BCUT2D eigenvalue weighted by Gasteiger charge is 2.15. The Morgan fingerprint density at radius 3 is 2.56 bits per heavy atom. The average Bonchev–Trinajstić information content (AvgIpc) is 2.67. The van der Waals surface area contributed by atoms with Gasteiger partial charge in [-0.15, -0.1) is 0 Å². The number of carbonyl (C=O) groups excluding carboxylic acids is 1. The molecule has 0 aliphatic carbocycles. The van der Waals surface area contributed by atoms with E-state index >= 15 is 0 Å². The van der Waals surface area contributed by atoms with Crippen LogP contribution in [0.15, 0.2) is 54.6 Å². The van der Waals surface area contributed by atoms with Crippen molar-refractivity contribution < 1.29 is 19.0 Å². The van der Waals surface area contributed by atoms with Crippen LogP contribution < -0.4 is 9.47 Å². The van der Waals surface area contributed by atoms with Gasteiger partial charge in [0, 0.05) is 11.5 Å². The second kappa shape index (κ2) is 8.54. The molecule has 0 atom stereocenters. The van der Waals surface area contributed by atoms with Gasteiger partial charge < -0.3 is 14.2 Å². The van der Waals surface area contributed by atoms with Crippen molar-refractivity contribution in [2.24, 2.45) is 0 Å². The van der Waals surface area contributed by atoms with Crippen LogP contribution in [0.1, 0.15) is 36.8 Å². The van der Waals surface area contributed by atoms with Crippen LogP contribution in [0.3, 0.4) is 0 Å². The minimum atomic E-state index is -0.461. The standard InChI is InChI=1S/C22H23NO4/c1-4-25-22(24)20-13-21(27-15(2)3)18-12-17(10-11-19(18)23-20)26-14-16-8-6-5-7-9-16/h5-13,15H,4,14H2,1-3H3. The number of benzene rings is 2. The first-order valence-corrected chi connectivity index (χ1v) is 9.02. The third kappa shape index (κ3) is 4.76. The zero-order valence-corrected chi connectivity index (χ0v) is 15.8. The van der Waals surface area contributed by atoms with E-state index in [0.717, 1.165) is 10.9 Å². The summed E-state index contributed by atoms with van der Waals surface area (Å²) in [7, 11) is 0. The number of fused-ring (bicyclic) bond motifs is 1. The molecule has 3 rings (SSSR count). The first-order valence-electron chi connectivity index (χ1n) is 9.02. The quantitative estimate of drug-likeness (QED) is 0.564. The minimum Gasteiger partial charge on any atom is -0.490 e. The lowest BCUT2D eigenvalue weighted by Crippen LogP contribution is -2.10. The minimum absolute atomic E-state index is 0.0421. The van der Waals surface area contributed by atoms with E-state index < -0.39 is 5.97 Å². The maximum atomic E-state index is 12.1. The number of hydrogen-bond donors (Lipinski definition) is 0. The van der Waals surface area contributed by atoms with E-state index in [4.69, 9.17) is 14.2 Å². The maximum Gasteiger partial charge on any atom is 0.357 e. The summed E-state index contributed by atoms with van der Waals surface area (Å²) >= 11 is 0. The first kappa shape index (κ1) is 18.7. The number of rotatable bonds is 7. The molecule has 5 heteroatoms. The van der Waals surface area contributed by atoms with Gasteiger partial charge in [0.25, 0.3) is 0 Å². The van der Waals surface area contributed by atoms with E-state index in [1.165, 1.54) is 0 Å². The first-order chi connectivity index (χ1) is 13.1. The molecule has 1 aromatic heterocycles. The van der Waals surface area contributed by atoms with Crippen molar-refractivity contribution in [1.29, 1.82) is 0 Å². The van der Waals surface area contributed by atoms with Crippen molar-refractivity contribution in [3.8, 4) is 11.5 Å². The molecule has 0 amide bonds. The molecule has 140 valence electrons. The van der Waals surface area contributed by atoms with Crippen LogP contribution in [0.25, 0.3) is 10.9 Å². The number of hydrogen-bond acceptors (Lipinski definition) is 5. The molecule has 0 bridgehead atoms. The molecule has 0 saturated heterocycles. The van der Waals surface area contributed by atoms with Crippen LogP contribution in [-0.2, 0) is 11.3 Å². The average molecular weight is 365 g/mol. The van der Waals surface area contributed by atoms with Crippen LogP contribution in [-0.4, -0.2) is 23.7 Å². The number of nitrogens with zero attached hydrogens (tertiary/aromatic N) is 1. The van der Waals surface area contributed by atoms with Gasteiger partial charge in [0.15, 0.2) is 5.69 Å². The Bertz CT molecular complexity index is 922. The van der Waals surface area contributed by atoms with E-state index in [9.17, 15) is 4.79 Å². The summed E-state index contributed by atoms with van der Waals surface area (Å²) in [6.07, 6.45) is -0.0421. The summed E-state index contributed by atoms with van der Waals surface area (Å²) in [6, 6.07) is 17.1. The topological polar surface area (TPSA) is 57.7 Å². The van der Waals surface area contributed by atoms with Crippen LogP contribution in [0, 0.1) is 0 Å². The van der Waals surface area contributed by atoms with Gasteiger partial charge in [-0.1, -0.05) is 30.3 Å². The Hall–Kier alpha value is -3.08. The number of aromatic nitrogens is 1. The summed E-state index contributed by atoms with van der Waals surface area (Å²) in [5.74, 6) is 0.839. The SMILES string of the molecule is CCOC(=O)c1cc(OC(C)C)c2cc(OCc3ccccc3)ccc2n1. The van der Waals surface area contributed by atoms with Crippen molar-refractivity contribution >= 4 is 16.9 Å². The van der Waals surface area contributed by atoms with Gasteiger partial charge in [-0.2, -0.15) is 0 Å². The van der Waals surface area contributed by atoms with E-state index in [1.54, 1.807) is 13.0 Å². The molecule has 27 heavy (non-hydrogen) atoms. The number of carbonyl (C=O) groups is 1. The van der Waals surface area contributed by atoms with Gasteiger partial charge in [-0.25, -0.2) is 9.78 Å². The highest BCUT2D eigenvalue weighted by atomic mass is 16.5. The molecule has 0 aliphatic rings. The highest BCUT2D eigenvalue weighted by molar-refractivity contribution is 5.94. The Labute approximate surface area is 158 Å². The molecule has 1 heterocycles. The fourth-order valence-electron chi connectivity index (χ4n) is 2.67. The van der Waals surface area contributed by atoms with Crippen LogP contribution in [0.4, 0.5) is 0 Å². The van der Waals surface area contributed by atoms with E-state index in [2.05, 4.69) is 4.98 Å². The number of pyridine rings is 1. The molecular formula is C22H23NO4. The van der Waals surface area contributed by atoms with E-state index in [-0.39, 0.29) is 11.8 Å². The van der Waals surface area contributed by atoms with Gasteiger partial charge in [-0.3, -0.25) is 0 Å². The zero-order valence-electron chi connectivity index (χ0n) is 15.8. The van der Waals surface area contributed by atoms with E-state index in [0.29, 0.717) is 30.2 Å². The summed E-state index contributed by atoms with van der Waals surface area (Å²) in [6.45, 7) is 6.41. The van der Waals surface area contributed by atoms with Crippen molar-refractivity contribution in [3.05, 3.63) is 65.9 Å². The predicted molar refractivity (Wildman–Crippen MR) is 104 cm³/mol. The predicted octanol–water partition coefficient (Wildman–Crippen LogP) is 4.78. The summed E-state index contributed by atoms with van der Waals surface area (Å²) < 4.78 is 16.9. The molecule has 5 nitrogen and oxygen atoms in total. The van der Waals surface area contributed by atoms with Gasteiger partial charge in [0.2, 0.25) is 0 Å². The smallest absolute Gasteiger partial charge is 0.357 e. The maximum absolute atomic E-state index is 12.1. The van der Waals surface area contributed by atoms with Gasteiger partial charge in [0.05, 0.1) is 18.2 Å². The molecule has 0 saturated carbocycles. The number of esters is 1. The van der Waals surface area contributed by atoms with Gasteiger partial charge in [0.1, 0.15) is 18.1 Å². The second-order valence-electron chi connectivity index (χ2n) is 6.35. The third-order valence-electron chi connectivity index (χ3n) is 3.84. The van der Waals surface area contributed by atoms with Crippen LogP contribution >= 0.6 is 0 Å². The molecular weight excluding hydrogens is 342 g/mol. The Morgan fingerprint density at radius 2 is 1.85 bits per heavy atom. The molecule has 2 aromatic carbocycles. The molecule has 0 aliphatic heterocycles. The normalized spacial score (nSPS) is 10.8. The molecule has 0 N–H and O–H groups in total. The fourth-order valence-corrected chi connectivity index (χ4v) is 2.67. The Morgan fingerprint density at radius 1 is 1.07 bits per heavy atom. The summed E-state index contributed by atoms with van der Waals surface area (Å²) in [4.78, 5) is 16.5. The summed E-state index contributed by atoms with van der Waals surface area (Å²) in [5, 5.41) is 0.794. The van der Waals surface area contributed by atoms with Crippen LogP contribution in [0.5, 0.6) is 11.5 Å². The lowest BCUT2D eigenvalue weighted by atomic mass is 10.1. The monoisotopic (exact) mass is 365 g/mol. The largest absolute Gasteiger partial charge is 0.490 e. The van der Waals surface area contributed by atoms with Crippen molar-refractivity contribution in [1.82, 2.24) is 4.98 Å². The lowest BCUT2D eigenvalue weighted by Gasteiger charge is -2.15. The van der Waals surface area contributed by atoms with Crippen molar-refractivity contribution in [3.63, 3.8) is 0 Å². The fraction of sp³-hybridized carbons (Fsp3) is 0.273. The number of ether oxygens (including phenoxy) is 3. The molecule has 0 spiro atoms. The summed E-state index contributed by atoms with van der Waals surface area (Å²) in [5.41, 5.74) is 1.98. The molecule has 0 radical (unpaired) electrons. The van der Waals surface area contributed by atoms with Gasteiger partial charge >= 0.3 is 5.97 Å². The Kier molecular flexibility index (Phi) is 5.91. The van der Waals surface area contributed by atoms with Crippen molar-refractivity contribution in [2.75, 3.05) is 6.61 Å². The highest BCUT2D eigenvalue weighted by Crippen LogP contribution is 2.30. The molecule has 0 unspecified atom stereocenters. The lowest BCUT2D eigenvalue weighted by molar-refractivity contribution is 0.0519. The van der Waals surface area contributed by atoms with Crippen molar-refractivity contribution in [2.45, 2.75) is 33.5 Å². The Balaban J connectivity index is 1.93. The zero-order chi connectivity index (χ0) is 19.2. The molecule has 3 aromatic rings.